The van der Waals surface area contributed by atoms with Crippen molar-refractivity contribution in [2.75, 3.05) is 0 Å². The Morgan fingerprint density at radius 3 is 2.46 bits per heavy atom. The van der Waals surface area contributed by atoms with E-state index in [4.69, 9.17) is 0 Å². The first-order chi connectivity index (χ1) is 5.93. The van der Waals surface area contributed by atoms with E-state index in [2.05, 4.69) is 9.97 Å². The number of carbonyl (C=O) groups excluding carboxylic acids is 1. The molecule has 70 valence electrons. The molecule has 0 aliphatic rings. The number of carbonyl (C=O) groups is 1. The van der Waals surface area contributed by atoms with Crippen LogP contribution in [0.5, 0.6) is 0 Å². The second-order valence-electron chi connectivity index (χ2n) is 2.34. The van der Waals surface area contributed by atoms with Crippen molar-refractivity contribution in [3.05, 3.63) is 23.3 Å². The van der Waals surface area contributed by atoms with Gasteiger partial charge >= 0.3 is 6.18 Å². The van der Waals surface area contributed by atoms with E-state index in [1.54, 1.807) is 0 Å². The lowest BCUT2D eigenvalue weighted by Gasteiger charge is -2.05. The maximum Gasteiger partial charge on any atom is 0.433 e. The predicted octanol–water partition coefficient (Wildman–Crippen LogP) is 1.62. The smallest absolute Gasteiger partial charge is 0.296 e. The zero-order chi connectivity index (χ0) is 10.1. The molecule has 1 aromatic heterocycles. The van der Waals surface area contributed by atoms with Crippen molar-refractivity contribution in [2.24, 2.45) is 0 Å². The SMILES string of the molecule is Cc1nc(C=O)cc(C(F)(F)F)n1. The molecule has 1 rings (SSSR count). The topological polar surface area (TPSA) is 42.9 Å². The molecule has 0 aliphatic carbocycles. The molecule has 0 fully saturated rings. The van der Waals surface area contributed by atoms with Gasteiger partial charge in [0, 0.05) is 0 Å². The maximum atomic E-state index is 12.1. The van der Waals surface area contributed by atoms with E-state index in [0.29, 0.717) is 6.07 Å². The zero-order valence-electron chi connectivity index (χ0n) is 6.59. The van der Waals surface area contributed by atoms with Crippen molar-refractivity contribution in [2.45, 2.75) is 13.1 Å². The maximum absolute atomic E-state index is 12.1. The lowest BCUT2D eigenvalue weighted by atomic mass is 10.3. The molecule has 0 aliphatic heterocycles. The lowest BCUT2D eigenvalue weighted by molar-refractivity contribution is -0.141. The van der Waals surface area contributed by atoms with Crippen LogP contribution in [0.25, 0.3) is 0 Å². The number of aldehydes is 1. The summed E-state index contributed by atoms with van der Waals surface area (Å²) in [6.45, 7) is 1.29. The Morgan fingerprint density at radius 1 is 1.38 bits per heavy atom. The van der Waals surface area contributed by atoms with Crippen LogP contribution in [0.2, 0.25) is 0 Å². The van der Waals surface area contributed by atoms with E-state index >= 15 is 0 Å². The first-order valence-electron chi connectivity index (χ1n) is 3.31. The minimum Gasteiger partial charge on any atom is -0.296 e. The lowest BCUT2D eigenvalue weighted by Crippen LogP contribution is -2.11. The standard InChI is InChI=1S/C7H5F3N2O/c1-4-11-5(3-13)2-6(12-4)7(8,9)10/h2-3H,1H3. The van der Waals surface area contributed by atoms with Crippen molar-refractivity contribution in [1.29, 1.82) is 0 Å². The highest BCUT2D eigenvalue weighted by Crippen LogP contribution is 2.27. The predicted molar refractivity (Wildman–Crippen MR) is 37.2 cm³/mol. The molecule has 0 atom stereocenters. The number of aromatic nitrogens is 2. The molecule has 6 heteroatoms. The average Bonchev–Trinajstić information content (AvgIpc) is 2.01. The number of halogens is 3. The van der Waals surface area contributed by atoms with Gasteiger partial charge in [-0.25, -0.2) is 9.97 Å². The molecule has 1 aromatic rings. The molecule has 0 unspecified atom stereocenters. The van der Waals surface area contributed by atoms with Crippen molar-refractivity contribution in [3.8, 4) is 0 Å². The Balaban J connectivity index is 3.24. The molecule has 0 amide bonds. The first kappa shape index (κ1) is 9.63. The summed E-state index contributed by atoms with van der Waals surface area (Å²) in [5, 5.41) is 0. The van der Waals surface area contributed by atoms with Gasteiger partial charge in [-0.2, -0.15) is 13.2 Å². The third kappa shape index (κ3) is 2.24. The van der Waals surface area contributed by atoms with Gasteiger partial charge in [0.2, 0.25) is 0 Å². The van der Waals surface area contributed by atoms with E-state index in [1.807, 2.05) is 0 Å². The van der Waals surface area contributed by atoms with E-state index in [1.165, 1.54) is 6.92 Å². The van der Waals surface area contributed by atoms with E-state index < -0.39 is 11.9 Å². The highest BCUT2D eigenvalue weighted by molar-refractivity contribution is 5.71. The van der Waals surface area contributed by atoms with Gasteiger partial charge in [0.25, 0.3) is 0 Å². The van der Waals surface area contributed by atoms with E-state index in [0.717, 1.165) is 0 Å². The van der Waals surface area contributed by atoms with Crippen molar-refractivity contribution in [3.63, 3.8) is 0 Å². The summed E-state index contributed by atoms with van der Waals surface area (Å²) >= 11 is 0. The van der Waals surface area contributed by atoms with Gasteiger partial charge in [-0.05, 0) is 13.0 Å². The highest BCUT2D eigenvalue weighted by Gasteiger charge is 2.33. The van der Waals surface area contributed by atoms with Crippen LogP contribution in [0.4, 0.5) is 13.2 Å². The van der Waals surface area contributed by atoms with Gasteiger partial charge in [0.15, 0.2) is 6.29 Å². The molecule has 0 N–H and O–H groups in total. The number of nitrogens with zero attached hydrogens (tertiary/aromatic N) is 2. The third-order valence-corrected chi connectivity index (χ3v) is 1.27. The summed E-state index contributed by atoms with van der Waals surface area (Å²) in [6.07, 6.45) is -4.28. The molecule has 0 bridgehead atoms. The van der Waals surface area contributed by atoms with E-state index in [9.17, 15) is 18.0 Å². The monoisotopic (exact) mass is 190 g/mol. The molecule has 3 nitrogen and oxygen atoms in total. The summed E-state index contributed by atoms with van der Waals surface area (Å²) in [4.78, 5) is 16.8. The molecule has 0 radical (unpaired) electrons. The minimum absolute atomic E-state index is 0.0723. The molecule has 0 aromatic carbocycles. The van der Waals surface area contributed by atoms with Gasteiger partial charge in [-0.1, -0.05) is 0 Å². The van der Waals surface area contributed by atoms with Crippen molar-refractivity contribution >= 4 is 6.29 Å². The van der Waals surface area contributed by atoms with Crippen molar-refractivity contribution < 1.29 is 18.0 Å². The van der Waals surface area contributed by atoms with Crippen LogP contribution in [-0.2, 0) is 6.18 Å². The van der Waals surface area contributed by atoms with Gasteiger partial charge in [-0.15, -0.1) is 0 Å². The number of rotatable bonds is 1. The quantitative estimate of drug-likeness (QED) is 0.632. The highest BCUT2D eigenvalue weighted by atomic mass is 19.4. The number of alkyl halides is 3. The zero-order valence-corrected chi connectivity index (χ0v) is 6.59. The van der Waals surface area contributed by atoms with Crippen LogP contribution in [0, 0.1) is 6.92 Å². The molecule has 0 saturated heterocycles. The summed E-state index contributed by atoms with van der Waals surface area (Å²) in [7, 11) is 0. The summed E-state index contributed by atoms with van der Waals surface area (Å²) in [5.41, 5.74) is -1.36. The van der Waals surface area contributed by atoms with Crippen LogP contribution in [0.15, 0.2) is 6.07 Å². The fraction of sp³-hybridized carbons (Fsp3) is 0.286. The number of hydrogen-bond acceptors (Lipinski definition) is 3. The van der Waals surface area contributed by atoms with Crippen molar-refractivity contribution in [1.82, 2.24) is 9.97 Å². The molecular weight excluding hydrogens is 185 g/mol. The molecular formula is C7H5F3N2O. The molecule has 0 saturated carbocycles. The van der Waals surface area contributed by atoms with Crippen LogP contribution in [0.3, 0.4) is 0 Å². The Bertz CT molecular complexity index is 335. The third-order valence-electron chi connectivity index (χ3n) is 1.27. The Morgan fingerprint density at radius 2 is 2.00 bits per heavy atom. The normalized spacial score (nSPS) is 11.4. The van der Waals surface area contributed by atoms with Gasteiger partial charge < -0.3 is 0 Å². The molecule has 13 heavy (non-hydrogen) atoms. The largest absolute Gasteiger partial charge is 0.433 e. The summed E-state index contributed by atoms with van der Waals surface area (Å²) in [5.74, 6) is -0.0723. The fourth-order valence-electron chi connectivity index (χ4n) is 0.796. The van der Waals surface area contributed by atoms with Crippen LogP contribution in [0.1, 0.15) is 22.0 Å². The first-order valence-corrected chi connectivity index (χ1v) is 3.31. The minimum atomic E-state index is -4.54. The fourth-order valence-corrected chi connectivity index (χ4v) is 0.796. The number of hydrogen-bond donors (Lipinski definition) is 0. The Hall–Kier alpha value is -1.46. The summed E-state index contributed by atoms with van der Waals surface area (Å²) in [6, 6.07) is 0.611. The molecule has 1 heterocycles. The van der Waals surface area contributed by atoms with Gasteiger partial charge in [0.05, 0.1) is 0 Å². The second kappa shape index (κ2) is 3.12. The average molecular weight is 190 g/mol. The van der Waals surface area contributed by atoms with Gasteiger partial charge in [-0.3, -0.25) is 4.79 Å². The van der Waals surface area contributed by atoms with Crippen LogP contribution < -0.4 is 0 Å². The molecule has 0 spiro atoms. The summed E-state index contributed by atoms with van der Waals surface area (Å²) < 4.78 is 36.2. The van der Waals surface area contributed by atoms with Crippen LogP contribution in [-0.4, -0.2) is 16.3 Å². The Labute approximate surface area is 71.6 Å². The van der Waals surface area contributed by atoms with Gasteiger partial charge in [0.1, 0.15) is 17.2 Å². The number of aryl methyl sites for hydroxylation is 1. The second-order valence-corrected chi connectivity index (χ2v) is 2.34. The van der Waals surface area contributed by atoms with E-state index in [-0.39, 0.29) is 17.8 Å². The van der Waals surface area contributed by atoms with Crippen LogP contribution >= 0.6 is 0 Å². The Kier molecular flexibility index (Phi) is 2.31.